The topological polar surface area (TPSA) is 96.3 Å². The third-order valence-electron chi connectivity index (χ3n) is 5.64. The first-order valence-corrected chi connectivity index (χ1v) is 10.7. The van der Waals surface area contributed by atoms with Crippen molar-refractivity contribution >= 4 is 23.4 Å². The lowest BCUT2D eigenvalue weighted by molar-refractivity contribution is -0.166. The van der Waals surface area contributed by atoms with Crippen molar-refractivity contribution < 1.29 is 29.3 Å². The Hall–Kier alpha value is -3.84. The summed E-state index contributed by atoms with van der Waals surface area (Å²) in [6.07, 6.45) is -0.0608. The molecule has 3 aromatic rings. The van der Waals surface area contributed by atoms with E-state index in [1.54, 1.807) is 24.3 Å². The molecule has 1 atom stereocenters. The van der Waals surface area contributed by atoms with Crippen LogP contribution in [0.3, 0.4) is 0 Å². The van der Waals surface area contributed by atoms with Crippen LogP contribution in [0.25, 0.3) is 0 Å². The number of aliphatic carboxylic acids is 1. The fourth-order valence-corrected chi connectivity index (χ4v) is 4.07. The monoisotopic (exact) mass is 447 g/mol. The van der Waals surface area contributed by atoms with E-state index in [9.17, 15) is 14.7 Å². The number of fused-ring (bicyclic) bond motifs is 1. The van der Waals surface area contributed by atoms with E-state index < -0.39 is 24.5 Å². The number of benzene rings is 3. The molecule has 1 aliphatic carbocycles. The highest BCUT2D eigenvalue weighted by atomic mass is 16.7. The summed E-state index contributed by atoms with van der Waals surface area (Å²) in [4.78, 5) is 25.7. The molecular formula is C26H25NO6. The van der Waals surface area contributed by atoms with Crippen molar-refractivity contribution in [3.05, 3.63) is 89.5 Å². The van der Waals surface area contributed by atoms with Gasteiger partial charge < -0.3 is 19.7 Å². The van der Waals surface area contributed by atoms with Crippen LogP contribution in [0.5, 0.6) is 5.75 Å². The summed E-state index contributed by atoms with van der Waals surface area (Å²) in [5.41, 5.74) is 3.75. The highest BCUT2D eigenvalue weighted by Crippen LogP contribution is 2.37. The summed E-state index contributed by atoms with van der Waals surface area (Å²) >= 11 is 0. The van der Waals surface area contributed by atoms with Crippen molar-refractivity contribution in [3.8, 4) is 5.75 Å². The molecule has 33 heavy (non-hydrogen) atoms. The van der Waals surface area contributed by atoms with Crippen LogP contribution >= 0.6 is 0 Å². The van der Waals surface area contributed by atoms with Gasteiger partial charge in [-0.25, -0.2) is 14.5 Å². The lowest BCUT2D eigenvalue weighted by Gasteiger charge is -2.35. The maximum Gasteiger partial charge on any atom is 0.421 e. The van der Waals surface area contributed by atoms with Crippen LogP contribution in [0.15, 0.2) is 72.8 Å². The number of nitrogens with zero attached hydrogens (tertiary/aromatic N) is 1. The molecule has 7 nitrogen and oxygen atoms in total. The maximum absolute atomic E-state index is 13.4. The zero-order valence-corrected chi connectivity index (χ0v) is 18.2. The Bertz CT molecular complexity index is 1160. The molecule has 0 aliphatic heterocycles. The number of hydrogen-bond acceptors (Lipinski definition) is 5. The molecule has 170 valence electrons. The Kier molecular flexibility index (Phi) is 6.33. The average molecular weight is 447 g/mol. The second kappa shape index (κ2) is 9.34. The molecule has 0 bridgehead atoms. The smallest absolute Gasteiger partial charge is 0.421 e. The van der Waals surface area contributed by atoms with Crippen LogP contribution in [-0.2, 0) is 22.4 Å². The molecule has 0 unspecified atom stereocenters. The second-order valence-electron chi connectivity index (χ2n) is 8.02. The molecule has 0 fully saturated rings. The molecule has 0 aromatic heterocycles. The summed E-state index contributed by atoms with van der Waals surface area (Å²) in [6.45, 7) is 1.46. The van der Waals surface area contributed by atoms with Gasteiger partial charge in [0.05, 0.1) is 11.4 Å². The Labute approximate surface area is 191 Å². The largest absolute Gasteiger partial charge is 0.482 e. The molecule has 4 rings (SSSR count). The number of carboxylic acids is 1. The van der Waals surface area contributed by atoms with Gasteiger partial charge in [-0.15, -0.1) is 0 Å². The van der Waals surface area contributed by atoms with Crippen molar-refractivity contribution in [2.24, 2.45) is 0 Å². The highest BCUT2D eigenvalue weighted by molar-refractivity contribution is 5.97. The highest BCUT2D eigenvalue weighted by Gasteiger charge is 2.39. The van der Waals surface area contributed by atoms with Gasteiger partial charge in [0.15, 0.2) is 6.61 Å². The van der Waals surface area contributed by atoms with Crippen LogP contribution < -0.4 is 9.64 Å². The number of anilines is 2. The fourth-order valence-electron chi connectivity index (χ4n) is 4.07. The molecule has 7 heteroatoms. The first kappa shape index (κ1) is 22.4. The van der Waals surface area contributed by atoms with Crippen LogP contribution in [-0.4, -0.2) is 34.7 Å². The summed E-state index contributed by atoms with van der Waals surface area (Å²) < 4.78 is 11.1. The predicted octanol–water partition coefficient (Wildman–Crippen LogP) is 4.61. The Morgan fingerprint density at radius 1 is 1.00 bits per heavy atom. The van der Waals surface area contributed by atoms with Gasteiger partial charge in [-0.2, -0.15) is 0 Å². The second-order valence-corrected chi connectivity index (χ2v) is 8.02. The summed E-state index contributed by atoms with van der Waals surface area (Å²) in [5.74, 6) is -2.30. The van der Waals surface area contributed by atoms with Gasteiger partial charge in [0.2, 0.25) is 5.79 Å². The number of amides is 1. The number of carbonyl (C=O) groups is 2. The van der Waals surface area contributed by atoms with E-state index in [1.807, 2.05) is 55.5 Å². The molecule has 2 N–H and O–H groups in total. The minimum atomic E-state index is -1.70. The number of carboxylic acid groups (broad SMARTS) is 1. The number of hydrogen-bond donors (Lipinski definition) is 2. The molecule has 0 spiro atoms. The first-order chi connectivity index (χ1) is 15.9. The van der Waals surface area contributed by atoms with E-state index in [4.69, 9.17) is 14.6 Å². The molecular weight excluding hydrogens is 422 g/mol. The number of carbonyl (C=O) groups excluding carboxylic acids is 1. The molecule has 1 aliphatic rings. The van der Waals surface area contributed by atoms with Gasteiger partial charge in [0, 0.05) is 12.8 Å². The van der Waals surface area contributed by atoms with Gasteiger partial charge >= 0.3 is 12.1 Å². The van der Waals surface area contributed by atoms with Gasteiger partial charge in [-0.3, -0.25) is 0 Å². The minimum Gasteiger partial charge on any atom is -0.482 e. The van der Waals surface area contributed by atoms with Crippen molar-refractivity contribution in [3.63, 3.8) is 0 Å². The normalized spacial score (nSPS) is 17.0. The first-order valence-electron chi connectivity index (χ1n) is 10.7. The van der Waals surface area contributed by atoms with Crippen molar-refractivity contribution in [2.45, 2.75) is 32.0 Å². The van der Waals surface area contributed by atoms with Gasteiger partial charge in [-0.1, -0.05) is 48.5 Å². The van der Waals surface area contributed by atoms with Crippen LogP contribution in [0.1, 0.15) is 23.1 Å². The maximum atomic E-state index is 13.4. The predicted molar refractivity (Wildman–Crippen MR) is 123 cm³/mol. The third-order valence-corrected chi connectivity index (χ3v) is 5.64. The zero-order valence-electron chi connectivity index (χ0n) is 18.2. The van der Waals surface area contributed by atoms with Crippen LogP contribution in [0.4, 0.5) is 16.2 Å². The molecule has 1 amide bonds. The van der Waals surface area contributed by atoms with E-state index in [0.717, 1.165) is 16.7 Å². The van der Waals surface area contributed by atoms with Crippen molar-refractivity contribution in [2.75, 3.05) is 11.5 Å². The van der Waals surface area contributed by atoms with E-state index >= 15 is 0 Å². The van der Waals surface area contributed by atoms with E-state index in [0.29, 0.717) is 23.5 Å². The molecule has 3 aromatic carbocycles. The van der Waals surface area contributed by atoms with Crippen molar-refractivity contribution in [1.82, 2.24) is 0 Å². The van der Waals surface area contributed by atoms with Gasteiger partial charge in [-0.05, 0) is 54.3 Å². The zero-order chi connectivity index (χ0) is 23.4. The Morgan fingerprint density at radius 3 is 2.45 bits per heavy atom. The van der Waals surface area contributed by atoms with Gasteiger partial charge in [0.25, 0.3) is 0 Å². The van der Waals surface area contributed by atoms with Crippen LogP contribution in [0, 0.1) is 6.92 Å². The number of aryl methyl sites for hydroxylation is 1. The molecule has 0 heterocycles. The fraction of sp³-hybridized carbons (Fsp3) is 0.231. The average Bonchev–Trinajstić information content (AvgIpc) is 2.79. The Balaban J connectivity index is 1.59. The van der Waals surface area contributed by atoms with E-state index in [-0.39, 0.29) is 12.8 Å². The number of rotatable bonds is 6. The summed E-state index contributed by atoms with van der Waals surface area (Å²) in [5, 5.41) is 20.1. The number of para-hydroxylation sites is 2. The van der Waals surface area contributed by atoms with E-state index in [2.05, 4.69) is 0 Å². The van der Waals surface area contributed by atoms with Crippen LogP contribution in [0.2, 0.25) is 0 Å². The number of ether oxygens (including phenoxy) is 2. The van der Waals surface area contributed by atoms with Gasteiger partial charge in [0.1, 0.15) is 5.75 Å². The van der Waals surface area contributed by atoms with E-state index in [1.165, 1.54) is 4.90 Å². The minimum absolute atomic E-state index is 0.0781. The quantitative estimate of drug-likeness (QED) is 0.536. The summed E-state index contributed by atoms with van der Waals surface area (Å²) in [6, 6.07) is 21.9. The standard InChI is InChI=1S/C26H25NO6/c1-18-8-5-6-12-22(18)27(20-10-3-2-4-11-20)25(30)33-26(31)15-14-21-19(16-26)9-7-13-23(21)32-17-24(28)29/h2-13,31H,14-17H2,1H3,(H,28,29)/t26-/m1/s1. The lowest BCUT2D eigenvalue weighted by atomic mass is 9.87. The SMILES string of the molecule is Cc1ccccc1N(C(=O)O[C@]1(O)CCc2c(cccc2OCC(=O)O)C1)c1ccccc1. The van der Waals surface area contributed by atoms with Crippen molar-refractivity contribution in [1.29, 1.82) is 0 Å². The summed E-state index contributed by atoms with van der Waals surface area (Å²) in [7, 11) is 0. The third kappa shape index (κ3) is 4.99. The lowest BCUT2D eigenvalue weighted by Crippen LogP contribution is -2.44. The molecule has 0 saturated carbocycles. The Morgan fingerprint density at radius 2 is 1.73 bits per heavy atom. The molecule has 0 saturated heterocycles. The molecule has 0 radical (unpaired) electrons. The number of aliphatic hydroxyl groups is 1.